The first-order valence-electron chi connectivity index (χ1n) is 10.6. The fourth-order valence-electron chi connectivity index (χ4n) is 2.79. The average molecular weight is 538 g/mol. The molecule has 31 heavy (non-hydrogen) atoms. The Balaban J connectivity index is 0.00000480. The molecule has 0 aliphatic heterocycles. The van der Waals surface area contributed by atoms with Crippen molar-refractivity contribution < 1.29 is 9.53 Å². The van der Waals surface area contributed by atoms with Gasteiger partial charge in [0.25, 0.3) is 5.91 Å². The van der Waals surface area contributed by atoms with Crippen molar-refractivity contribution in [2.24, 2.45) is 4.99 Å². The Morgan fingerprint density at radius 2 is 1.77 bits per heavy atom. The molecule has 7 heteroatoms. The highest BCUT2D eigenvalue weighted by Crippen LogP contribution is 2.14. The molecule has 2 aromatic rings. The van der Waals surface area contributed by atoms with Crippen LogP contribution in [0.3, 0.4) is 0 Å². The third-order valence-electron chi connectivity index (χ3n) is 4.50. The SMILES string of the molecule is CCCCOc1cccc(CN=C(NCC)NCc2ccc(C(=O)N(C)C)cc2)c1.I. The zero-order chi connectivity index (χ0) is 21.8. The third-order valence-corrected chi connectivity index (χ3v) is 4.50. The van der Waals surface area contributed by atoms with Crippen molar-refractivity contribution in [3.8, 4) is 5.75 Å². The highest BCUT2D eigenvalue weighted by molar-refractivity contribution is 14.0. The van der Waals surface area contributed by atoms with Crippen LogP contribution >= 0.6 is 24.0 Å². The van der Waals surface area contributed by atoms with Gasteiger partial charge in [-0.2, -0.15) is 0 Å². The largest absolute Gasteiger partial charge is 0.494 e. The third kappa shape index (κ3) is 9.59. The van der Waals surface area contributed by atoms with E-state index in [1.807, 2.05) is 49.4 Å². The summed E-state index contributed by atoms with van der Waals surface area (Å²) in [6, 6.07) is 15.7. The standard InChI is InChI=1S/C24H34N4O2.HI/c1-5-7-15-30-22-10-8-9-20(16-22)18-27-24(25-6-2)26-17-19-11-13-21(14-12-19)23(29)28(3)4;/h8-14,16H,5-7,15,17-18H2,1-4H3,(H2,25,26,27);1H. The van der Waals surface area contributed by atoms with E-state index in [4.69, 9.17) is 4.74 Å². The summed E-state index contributed by atoms with van der Waals surface area (Å²) < 4.78 is 5.78. The van der Waals surface area contributed by atoms with Gasteiger partial charge < -0.3 is 20.3 Å². The van der Waals surface area contributed by atoms with E-state index >= 15 is 0 Å². The minimum Gasteiger partial charge on any atom is -0.494 e. The fourth-order valence-corrected chi connectivity index (χ4v) is 2.79. The number of unbranched alkanes of at least 4 members (excludes halogenated alkanes) is 1. The Kier molecular flexibility index (Phi) is 12.7. The van der Waals surface area contributed by atoms with E-state index in [0.717, 1.165) is 48.8 Å². The van der Waals surface area contributed by atoms with Gasteiger partial charge in [-0.1, -0.05) is 37.6 Å². The molecule has 0 heterocycles. The van der Waals surface area contributed by atoms with Crippen LogP contribution in [0.4, 0.5) is 0 Å². The second kappa shape index (κ2) is 14.7. The van der Waals surface area contributed by atoms with Gasteiger partial charge >= 0.3 is 0 Å². The van der Waals surface area contributed by atoms with Crippen molar-refractivity contribution in [1.29, 1.82) is 0 Å². The zero-order valence-corrected chi connectivity index (χ0v) is 21.3. The number of rotatable bonds is 10. The summed E-state index contributed by atoms with van der Waals surface area (Å²) in [6.45, 7) is 6.91. The number of nitrogens with zero attached hydrogens (tertiary/aromatic N) is 2. The van der Waals surface area contributed by atoms with Gasteiger partial charge in [0, 0.05) is 32.7 Å². The fraction of sp³-hybridized carbons (Fsp3) is 0.417. The van der Waals surface area contributed by atoms with E-state index in [1.165, 1.54) is 0 Å². The van der Waals surface area contributed by atoms with Gasteiger partial charge in [-0.25, -0.2) is 4.99 Å². The maximum absolute atomic E-state index is 12.0. The van der Waals surface area contributed by atoms with Crippen LogP contribution in [0.2, 0.25) is 0 Å². The first-order valence-corrected chi connectivity index (χ1v) is 10.6. The number of hydrogen-bond acceptors (Lipinski definition) is 3. The second-order valence-electron chi connectivity index (χ2n) is 7.29. The van der Waals surface area contributed by atoms with E-state index in [2.05, 4.69) is 28.6 Å². The molecule has 170 valence electrons. The van der Waals surface area contributed by atoms with Crippen LogP contribution in [0, 0.1) is 0 Å². The molecule has 0 saturated heterocycles. The van der Waals surface area contributed by atoms with Crippen LogP contribution in [0.5, 0.6) is 5.75 Å². The molecular formula is C24H35IN4O2. The highest BCUT2D eigenvalue weighted by Gasteiger charge is 2.07. The number of aliphatic imine (C=N–C) groups is 1. The van der Waals surface area contributed by atoms with Crippen LogP contribution in [-0.4, -0.2) is 44.0 Å². The summed E-state index contributed by atoms with van der Waals surface area (Å²) in [5, 5.41) is 6.62. The van der Waals surface area contributed by atoms with E-state index in [0.29, 0.717) is 18.7 Å². The lowest BCUT2D eigenvalue weighted by Gasteiger charge is -2.13. The molecule has 0 aliphatic carbocycles. The summed E-state index contributed by atoms with van der Waals surface area (Å²) in [4.78, 5) is 18.3. The number of nitrogens with one attached hydrogen (secondary N) is 2. The molecule has 0 radical (unpaired) electrons. The number of hydrogen-bond donors (Lipinski definition) is 2. The van der Waals surface area contributed by atoms with Gasteiger partial charge in [0.15, 0.2) is 5.96 Å². The lowest BCUT2D eigenvalue weighted by molar-refractivity contribution is 0.0827. The Morgan fingerprint density at radius 1 is 1.03 bits per heavy atom. The van der Waals surface area contributed by atoms with Crippen molar-refractivity contribution in [2.75, 3.05) is 27.2 Å². The maximum Gasteiger partial charge on any atom is 0.253 e. The predicted octanol–water partition coefficient (Wildman–Crippen LogP) is 4.44. The van der Waals surface area contributed by atoms with E-state index < -0.39 is 0 Å². The molecule has 0 aliphatic rings. The van der Waals surface area contributed by atoms with E-state index in [-0.39, 0.29) is 29.9 Å². The molecule has 0 spiro atoms. The highest BCUT2D eigenvalue weighted by atomic mass is 127. The van der Waals surface area contributed by atoms with Gasteiger partial charge in [-0.05, 0) is 48.7 Å². The average Bonchev–Trinajstić information content (AvgIpc) is 2.76. The minimum absolute atomic E-state index is 0. The van der Waals surface area contributed by atoms with Gasteiger partial charge in [0.05, 0.1) is 13.2 Å². The normalized spacial score (nSPS) is 10.8. The summed E-state index contributed by atoms with van der Waals surface area (Å²) in [7, 11) is 3.51. The monoisotopic (exact) mass is 538 g/mol. The summed E-state index contributed by atoms with van der Waals surface area (Å²) in [6.07, 6.45) is 2.18. The van der Waals surface area contributed by atoms with E-state index in [9.17, 15) is 4.79 Å². The number of benzene rings is 2. The Hall–Kier alpha value is -2.29. The van der Waals surface area contributed by atoms with Crippen molar-refractivity contribution in [3.63, 3.8) is 0 Å². The molecule has 0 fully saturated rings. The molecule has 0 atom stereocenters. The van der Waals surface area contributed by atoms with Crippen molar-refractivity contribution in [1.82, 2.24) is 15.5 Å². The predicted molar refractivity (Wildman–Crippen MR) is 138 cm³/mol. The zero-order valence-electron chi connectivity index (χ0n) is 19.0. The summed E-state index contributed by atoms with van der Waals surface area (Å²) >= 11 is 0. The first kappa shape index (κ1) is 26.7. The summed E-state index contributed by atoms with van der Waals surface area (Å²) in [5.41, 5.74) is 2.88. The van der Waals surface area contributed by atoms with Crippen molar-refractivity contribution >= 4 is 35.8 Å². The molecule has 2 aromatic carbocycles. The number of amides is 1. The number of guanidine groups is 1. The number of carbonyl (C=O) groups is 1. The van der Waals surface area contributed by atoms with Crippen LogP contribution < -0.4 is 15.4 Å². The lowest BCUT2D eigenvalue weighted by atomic mass is 10.1. The number of halogens is 1. The van der Waals surface area contributed by atoms with Gasteiger partial charge in [-0.3, -0.25) is 4.79 Å². The molecule has 1 amide bonds. The van der Waals surface area contributed by atoms with Gasteiger partial charge in [0.1, 0.15) is 5.75 Å². The van der Waals surface area contributed by atoms with Crippen LogP contribution in [-0.2, 0) is 13.1 Å². The first-order chi connectivity index (χ1) is 14.5. The Bertz CT molecular complexity index is 823. The number of carbonyl (C=O) groups excluding carboxylic acids is 1. The van der Waals surface area contributed by atoms with E-state index in [1.54, 1.807) is 19.0 Å². The molecule has 0 saturated carbocycles. The van der Waals surface area contributed by atoms with Crippen LogP contribution in [0.15, 0.2) is 53.5 Å². The Morgan fingerprint density at radius 3 is 2.42 bits per heavy atom. The molecule has 0 bridgehead atoms. The van der Waals surface area contributed by atoms with Crippen LogP contribution in [0.1, 0.15) is 48.2 Å². The minimum atomic E-state index is 0. The molecule has 0 aromatic heterocycles. The molecular weight excluding hydrogens is 503 g/mol. The summed E-state index contributed by atoms with van der Waals surface area (Å²) in [5.74, 6) is 1.65. The molecule has 0 unspecified atom stereocenters. The Labute approximate surface area is 203 Å². The van der Waals surface area contributed by atoms with Gasteiger partial charge in [-0.15, -0.1) is 24.0 Å². The van der Waals surface area contributed by atoms with Crippen molar-refractivity contribution in [2.45, 2.75) is 39.8 Å². The molecule has 2 N–H and O–H groups in total. The maximum atomic E-state index is 12.0. The topological polar surface area (TPSA) is 66.0 Å². The van der Waals surface area contributed by atoms with Crippen LogP contribution in [0.25, 0.3) is 0 Å². The quantitative estimate of drug-likeness (QED) is 0.203. The number of ether oxygens (including phenoxy) is 1. The van der Waals surface area contributed by atoms with Crippen molar-refractivity contribution in [3.05, 3.63) is 65.2 Å². The second-order valence-corrected chi connectivity index (χ2v) is 7.29. The lowest BCUT2D eigenvalue weighted by Crippen LogP contribution is -2.36. The smallest absolute Gasteiger partial charge is 0.253 e. The molecule has 6 nitrogen and oxygen atoms in total. The van der Waals surface area contributed by atoms with Gasteiger partial charge in [0.2, 0.25) is 0 Å². The molecule has 2 rings (SSSR count).